The number of aryl methyl sites for hydroxylation is 2. The maximum Gasteiger partial charge on any atom is 0.269 e. The van der Waals surface area contributed by atoms with E-state index in [1.54, 1.807) is 30.3 Å². The largest absolute Gasteiger partial charge is 0.490 e. The summed E-state index contributed by atoms with van der Waals surface area (Å²) in [4.78, 5) is 33.7. The Hall–Kier alpha value is -3.59. The van der Waals surface area contributed by atoms with Crippen LogP contribution in [0, 0.1) is 13.8 Å². The molecule has 1 aromatic heterocycles. The first kappa shape index (κ1) is 22.6. The molecule has 8 nitrogen and oxygen atoms in total. The molecule has 0 fully saturated rings. The van der Waals surface area contributed by atoms with E-state index in [-0.39, 0.29) is 0 Å². The summed E-state index contributed by atoms with van der Waals surface area (Å²) in [6.07, 6.45) is 0.781. The number of hydrogen-bond donors (Lipinski definition) is 2. The Morgan fingerprint density at radius 2 is 1.45 bits per heavy atom. The minimum Gasteiger partial charge on any atom is -0.490 e. The Kier molecular flexibility index (Phi) is 7.09. The highest BCUT2D eigenvalue weighted by molar-refractivity contribution is 7.98. The van der Waals surface area contributed by atoms with E-state index < -0.39 is 11.8 Å². The fraction of sp³-hybridized carbons (Fsp3) is 0.250. The predicted octanol–water partition coefficient (Wildman–Crippen LogP) is 3.62. The van der Waals surface area contributed by atoms with Gasteiger partial charge in [0, 0.05) is 34.7 Å². The standard InChI is InChI=1S/C24H24N4O4S/c1-15-12-16(2)26-24(25-15)33-14-17-4-6-18(7-5-17)22(29)27-28-23(30)19-8-9-20-21(13-19)32-11-3-10-31-20/h4-9,12-13H,3,10-11,14H2,1-2H3,(H,27,29)(H,28,30). The van der Waals surface area contributed by atoms with E-state index in [4.69, 9.17) is 9.47 Å². The smallest absolute Gasteiger partial charge is 0.269 e. The number of fused-ring (bicyclic) bond motifs is 1. The van der Waals surface area contributed by atoms with E-state index in [1.165, 1.54) is 11.8 Å². The number of nitrogens with zero attached hydrogens (tertiary/aromatic N) is 2. The number of thioether (sulfide) groups is 1. The first-order chi connectivity index (χ1) is 16.0. The van der Waals surface area contributed by atoms with Gasteiger partial charge in [-0.2, -0.15) is 0 Å². The molecule has 2 aromatic carbocycles. The molecule has 2 amide bonds. The van der Waals surface area contributed by atoms with Gasteiger partial charge in [0.2, 0.25) is 0 Å². The van der Waals surface area contributed by atoms with Crippen molar-refractivity contribution in [2.24, 2.45) is 0 Å². The number of benzene rings is 2. The van der Waals surface area contributed by atoms with Crippen molar-refractivity contribution in [3.05, 3.63) is 76.6 Å². The molecule has 2 N–H and O–H groups in total. The molecule has 1 aliphatic heterocycles. The molecule has 0 unspecified atom stereocenters. The van der Waals surface area contributed by atoms with Crippen molar-refractivity contribution >= 4 is 23.6 Å². The van der Waals surface area contributed by atoms with Crippen LogP contribution < -0.4 is 20.3 Å². The number of rotatable bonds is 5. The van der Waals surface area contributed by atoms with E-state index in [0.29, 0.717) is 41.6 Å². The maximum absolute atomic E-state index is 12.4. The van der Waals surface area contributed by atoms with Crippen molar-refractivity contribution in [2.45, 2.75) is 31.2 Å². The van der Waals surface area contributed by atoms with Gasteiger partial charge in [-0.3, -0.25) is 20.4 Å². The summed E-state index contributed by atoms with van der Waals surface area (Å²) in [6, 6.07) is 14.0. The van der Waals surface area contributed by atoms with Gasteiger partial charge in [0.1, 0.15) is 0 Å². The topological polar surface area (TPSA) is 102 Å². The fourth-order valence-corrected chi connectivity index (χ4v) is 4.13. The van der Waals surface area contributed by atoms with Crippen LogP contribution in [0.15, 0.2) is 53.7 Å². The van der Waals surface area contributed by atoms with Gasteiger partial charge in [-0.1, -0.05) is 23.9 Å². The fourth-order valence-electron chi connectivity index (χ4n) is 3.22. The summed E-state index contributed by atoms with van der Waals surface area (Å²) in [7, 11) is 0. The van der Waals surface area contributed by atoms with Crippen LogP contribution in [0.3, 0.4) is 0 Å². The molecule has 2 heterocycles. The maximum atomic E-state index is 12.4. The molecular weight excluding hydrogens is 440 g/mol. The van der Waals surface area contributed by atoms with E-state index in [9.17, 15) is 9.59 Å². The van der Waals surface area contributed by atoms with Crippen LogP contribution in [0.1, 0.15) is 44.1 Å². The van der Waals surface area contributed by atoms with Crippen LogP contribution in [0.25, 0.3) is 0 Å². The summed E-state index contributed by atoms with van der Waals surface area (Å²) in [5.41, 5.74) is 8.59. The molecule has 0 aliphatic carbocycles. The summed E-state index contributed by atoms with van der Waals surface area (Å²) < 4.78 is 11.2. The zero-order chi connectivity index (χ0) is 23.2. The van der Waals surface area contributed by atoms with Crippen molar-refractivity contribution in [1.82, 2.24) is 20.8 Å². The molecule has 0 radical (unpaired) electrons. The molecular formula is C24H24N4O4S. The number of hydrazine groups is 1. The Bertz CT molecular complexity index is 1150. The lowest BCUT2D eigenvalue weighted by atomic mass is 10.1. The predicted molar refractivity (Wildman–Crippen MR) is 124 cm³/mol. The molecule has 0 spiro atoms. The number of carbonyl (C=O) groups is 2. The van der Waals surface area contributed by atoms with Gasteiger partial charge in [-0.25, -0.2) is 9.97 Å². The van der Waals surface area contributed by atoms with Crippen molar-refractivity contribution < 1.29 is 19.1 Å². The number of amides is 2. The molecule has 0 saturated heterocycles. The van der Waals surface area contributed by atoms with Gasteiger partial charge in [0.25, 0.3) is 11.8 Å². The molecule has 9 heteroatoms. The van der Waals surface area contributed by atoms with Gasteiger partial charge in [-0.15, -0.1) is 0 Å². The lowest BCUT2D eigenvalue weighted by Gasteiger charge is -2.11. The zero-order valence-corrected chi connectivity index (χ0v) is 19.2. The van der Waals surface area contributed by atoms with E-state index in [0.717, 1.165) is 28.5 Å². The third-order valence-electron chi connectivity index (χ3n) is 4.85. The SMILES string of the molecule is Cc1cc(C)nc(SCc2ccc(C(=O)NNC(=O)c3ccc4c(c3)OCCCO4)cc2)n1. The van der Waals surface area contributed by atoms with Gasteiger partial charge in [0.15, 0.2) is 16.7 Å². The second-order valence-electron chi connectivity index (χ2n) is 7.54. The average molecular weight is 465 g/mol. The van der Waals surface area contributed by atoms with Crippen molar-refractivity contribution in [3.8, 4) is 11.5 Å². The summed E-state index contributed by atoms with van der Waals surface area (Å²) >= 11 is 1.54. The van der Waals surface area contributed by atoms with Gasteiger partial charge < -0.3 is 9.47 Å². The van der Waals surface area contributed by atoms with Crippen molar-refractivity contribution in [2.75, 3.05) is 13.2 Å². The Labute approximate surface area is 196 Å². The Morgan fingerprint density at radius 1 is 0.848 bits per heavy atom. The second kappa shape index (κ2) is 10.4. The van der Waals surface area contributed by atoms with E-state index >= 15 is 0 Å². The van der Waals surface area contributed by atoms with E-state index in [2.05, 4.69) is 20.8 Å². The van der Waals surface area contributed by atoms with Crippen LogP contribution in [0.2, 0.25) is 0 Å². The molecule has 4 rings (SSSR count). The average Bonchev–Trinajstić information content (AvgIpc) is 3.05. The lowest BCUT2D eigenvalue weighted by molar-refractivity contribution is 0.0846. The molecule has 170 valence electrons. The van der Waals surface area contributed by atoms with Crippen LogP contribution in [-0.4, -0.2) is 35.0 Å². The third kappa shape index (κ3) is 6.01. The number of carbonyl (C=O) groups excluding carboxylic acids is 2. The minimum atomic E-state index is -0.444. The normalized spacial score (nSPS) is 12.5. The summed E-state index contributed by atoms with van der Waals surface area (Å²) in [5, 5.41) is 0.729. The quantitative estimate of drug-likeness (QED) is 0.338. The second-order valence-corrected chi connectivity index (χ2v) is 8.48. The van der Waals surface area contributed by atoms with Gasteiger partial charge in [0.05, 0.1) is 13.2 Å². The molecule has 0 atom stereocenters. The molecule has 0 bridgehead atoms. The molecule has 3 aromatic rings. The van der Waals surface area contributed by atoms with Gasteiger partial charge in [-0.05, 0) is 55.8 Å². The molecule has 0 saturated carbocycles. The highest BCUT2D eigenvalue weighted by Crippen LogP contribution is 2.30. The third-order valence-corrected chi connectivity index (χ3v) is 5.76. The van der Waals surface area contributed by atoms with Crippen LogP contribution in [0.4, 0.5) is 0 Å². The number of hydrogen-bond acceptors (Lipinski definition) is 7. The summed E-state index contributed by atoms with van der Waals surface area (Å²) in [6.45, 7) is 4.99. The van der Waals surface area contributed by atoms with E-state index in [1.807, 2.05) is 32.0 Å². The highest BCUT2D eigenvalue weighted by Gasteiger charge is 2.15. The lowest BCUT2D eigenvalue weighted by Crippen LogP contribution is -2.41. The van der Waals surface area contributed by atoms with Gasteiger partial charge >= 0.3 is 0 Å². The van der Waals surface area contributed by atoms with Crippen molar-refractivity contribution in [3.63, 3.8) is 0 Å². The molecule has 33 heavy (non-hydrogen) atoms. The number of ether oxygens (including phenoxy) is 2. The Balaban J connectivity index is 1.30. The number of aromatic nitrogens is 2. The van der Waals surface area contributed by atoms with Crippen LogP contribution in [0.5, 0.6) is 11.5 Å². The van der Waals surface area contributed by atoms with Crippen molar-refractivity contribution in [1.29, 1.82) is 0 Å². The highest BCUT2D eigenvalue weighted by atomic mass is 32.2. The van der Waals surface area contributed by atoms with Crippen LogP contribution >= 0.6 is 11.8 Å². The Morgan fingerprint density at radius 3 is 2.15 bits per heavy atom. The monoisotopic (exact) mass is 464 g/mol. The first-order valence-corrected chi connectivity index (χ1v) is 11.5. The first-order valence-electron chi connectivity index (χ1n) is 10.5. The zero-order valence-electron chi connectivity index (χ0n) is 18.4. The summed E-state index contributed by atoms with van der Waals surface area (Å²) in [5.74, 6) is 0.961. The van der Waals surface area contributed by atoms with Crippen LogP contribution in [-0.2, 0) is 5.75 Å². The molecule has 1 aliphatic rings. The minimum absolute atomic E-state index is 0.362. The number of nitrogens with one attached hydrogen (secondary N) is 2.